The van der Waals surface area contributed by atoms with Gasteiger partial charge in [-0.2, -0.15) is 5.10 Å². The number of hydrogen-bond donors (Lipinski definition) is 2. The van der Waals surface area contributed by atoms with Crippen LogP contribution in [0, 0.1) is 11.6 Å². The SMILES string of the molecule is Cn1ccc(CNC(=O)c2c(F)ccc(N)c2F)n1. The van der Waals surface area contributed by atoms with Crippen molar-refractivity contribution in [3.8, 4) is 0 Å². The van der Waals surface area contributed by atoms with E-state index >= 15 is 0 Å². The Morgan fingerprint density at radius 1 is 1.42 bits per heavy atom. The summed E-state index contributed by atoms with van der Waals surface area (Å²) in [5, 5.41) is 6.42. The topological polar surface area (TPSA) is 72.9 Å². The maximum atomic E-state index is 13.6. The number of anilines is 1. The molecule has 3 N–H and O–H groups in total. The summed E-state index contributed by atoms with van der Waals surface area (Å²) in [5.41, 5.74) is 4.93. The molecule has 0 unspecified atom stereocenters. The highest BCUT2D eigenvalue weighted by Crippen LogP contribution is 2.18. The molecule has 0 bridgehead atoms. The van der Waals surface area contributed by atoms with Crippen LogP contribution in [0.3, 0.4) is 0 Å². The summed E-state index contributed by atoms with van der Waals surface area (Å²) >= 11 is 0. The maximum absolute atomic E-state index is 13.6. The third kappa shape index (κ3) is 2.70. The molecule has 0 atom stereocenters. The van der Waals surface area contributed by atoms with Crippen molar-refractivity contribution < 1.29 is 13.6 Å². The lowest BCUT2D eigenvalue weighted by Gasteiger charge is -2.07. The summed E-state index contributed by atoms with van der Waals surface area (Å²) in [5.74, 6) is -2.88. The van der Waals surface area contributed by atoms with Gasteiger partial charge in [0.2, 0.25) is 0 Å². The predicted octanol–water partition coefficient (Wildman–Crippen LogP) is 1.21. The molecule has 7 heteroatoms. The molecule has 2 rings (SSSR count). The number of nitrogens with zero attached hydrogens (tertiary/aromatic N) is 2. The fourth-order valence-corrected chi connectivity index (χ4v) is 1.59. The minimum absolute atomic E-state index is 0.0767. The largest absolute Gasteiger partial charge is 0.396 e. The second kappa shape index (κ2) is 5.05. The molecule has 2 aromatic rings. The number of aromatic nitrogens is 2. The van der Waals surface area contributed by atoms with E-state index in [4.69, 9.17) is 5.73 Å². The van der Waals surface area contributed by atoms with Crippen LogP contribution in [0.15, 0.2) is 24.4 Å². The van der Waals surface area contributed by atoms with Gasteiger partial charge in [-0.25, -0.2) is 8.78 Å². The minimum Gasteiger partial charge on any atom is -0.396 e. The van der Waals surface area contributed by atoms with E-state index in [9.17, 15) is 13.6 Å². The van der Waals surface area contributed by atoms with E-state index < -0.39 is 23.1 Å². The number of nitrogens with two attached hydrogens (primary N) is 1. The van der Waals surface area contributed by atoms with Crippen LogP contribution in [0.4, 0.5) is 14.5 Å². The Morgan fingerprint density at radius 2 is 2.16 bits per heavy atom. The van der Waals surface area contributed by atoms with Gasteiger partial charge in [-0.3, -0.25) is 9.48 Å². The van der Waals surface area contributed by atoms with E-state index in [1.807, 2.05) is 0 Å². The first-order chi connectivity index (χ1) is 8.99. The Hall–Kier alpha value is -2.44. The molecule has 0 aliphatic carbocycles. The summed E-state index contributed by atoms with van der Waals surface area (Å²) in [4.78, 5) is 11.7. The minimum atomic E-state index is -1.06. The van der Waals surface area contributed by atoms with Crippen molar-refractivity contribution in [3.63, 3.8) is 0 Å². The van der Waals surface area contributed by atoms with E-state index in [2.05, 4.69) is 10.4 Å². The van der Waals surface area contributed by atoms with Gasteiger partial charge in [0.25, 0.3) is 5.91 Å². The standard InChI is InChI=1S/C12H12F2N4O/c1-18-5-4-7(17-18)6-16-12(19)10-8(13)2-3-9(15)11(10)14/h2-5H,6,15H2,1H3,(H,16,19). The molecular formula is C12H12F2N4O. The van der Waals surface area contributed by atoms with Crippen LogP contribution in [-0.4, -0.2) is 15.7 Å². The van der Waals surface area contributed by atoms with Crippen molar-refractivity contribution in [1.29, 1.82) is 0 Å². The van der Waals surface area contributed by atoms with Gasteiger partial charge >= 0.3 is 0 Å². The summed E-state index contributed by atoms with van der Waals surface area (Å²) in [6.45, 7) is 0.0767. The van der Waals surface area contributed by atoms with Crippen molar-refractivity contribution in [2.75, 3.05) is 5.73 Å². The molecule has 100 valence electrons. The molecule has 0 spiro atoms. The fourth-order valence-electron chi connectivity index (χ4n) is 1.59. The zero-order chi connectivity index (χ0) is 14.0. The van der Waals surface area contributed by atoms with Crippen LogP contribution < -0.4 is 11.1 Å². The fraction of sp³-hybridized carbons (Fsp3) is 0.167. The number of rotatable bonds is 3. The van der Waals surface area contributed by atoms with Gasteiger partial charge in [-0.15, -0.1) is 0 Å². The molecule has 5 nitrogen and oxygen atoms in total. The first-order valence-corrected chi connectivity index (χ1v) is 5.49. The highest BCUT2D eigenvalue weighted by atomic mass is 19.1. The van der Waals surface area contributed by atoms with E-state index in [1.165, 1.54) is 0 Å². The average molecular weight is 266 g/mol. The number of benzene rings is 1. The van der Waals surface area contributed by atoms with Crippen molar-refractivity contribution >= 4 is 11.6 Å². The van der Waals surface area contributed by atoms with Gasteiger partial charge in [-0.05, 0) is 18.2 Å². The smallest absolute Gasteiger partial charge is 0.257 e. The van der Waals surface area contributed by atoms with Crippen molar-refractivity contribution in [1.82, 2.24) is 15.1 Å². The summed E-state index contributed by atoms with van der Waals surface area (Å²) in [7, 11) is 1.72. The van der Waals surface area contributed by atoms with Crippen LogP contribution in [0.2, 0.25) is 0 Å². The molecule has 19 heavy (non-hydrogen) atoms. The van der Waals surface area contributed by atoms with Gasteiger partial charge in [0.15, 0.2) is 5.82 Å². The van der Waals surface area contributed by atoms with Crippen LogP contribution in [0.5, 0.6) is 0 Å². The van der Waals surface area contributed by atoms with Gasteiger partial charge in [0, 0.05) is 13.2 Å². The summed E-state index contributed by atoms with van der Waals surface area (Å²) in [6.07, 6.45) is 1.70. The molecule has 0 aliphatic rings. The van der Waals surface area contributed by atoms with Crippen LogP contribution in [0.1, 0.15) is 16.1 Å². The molecular weight excluding hydrogens is 254 g/mol. The summed E-state index contributed by atoms with van der Waals surface area (Å²) in [6, 6.07) is 3.71. The average Bonchev–Trinajstić information content (AvgIpc) is 2.78. The lowest BCUT2D eigenvalue weighted by molar-refractivity contribution is 0.0942. The number of carbonyl (C=O) groups excluding carboxylic acids is 1. The third-order valence-corrected chi connectivity index (χ3v) is 2.55. The number of nitrogen functional groups attached to an aromatic ring is 1. The van der Waals surface area contributed by atoms with Crippen molar-refractivity contribution in [2.24, 2.45) is 7.05 Å². The van der Waals surface area contributed by atoms with Gasteiger partial charge in [0.1, 0.15) is 11.4 Å². The van der Waals surface area contributed by atoms with Crippen molar-refractivity contribution in [2.45, 2.75) is 6.54 Å². The molecule has 1 aromatic heterocycles. The predicted molar refractivity (Wildman–Crippen MR) is 65.1 cm³/mol. The zero-order valence-electron chi connectivity index (χ0n) is 10.2. The number of nitrogens with one attached hydrogen (secondary N) is 1. The number of aryl methyl sites for hydroxylation is 1. The number of halogens is 2. The van der Waals surface area contributed by atoms with Crippen LogP contribution in [0.25, 0.3) is 0 Å². The first-order valence-electron chi connectivity index (χ1n) is 5.49. The highest BCUT2D eigenvalue weighted by Gasteiger charge is 2.19. The number of amides is 1. The van der Waals surface area contributed by atoms with Crippen LogP contribution in [-0.2, 0) is 13.6 Å². The molecule has 0 saturated carbocycles. The van der Waals surface area contributed by atoms with Gasteiger partial charge in [0.05, 0.1) is 17.9 Å². The second-order valence-electron chi connectivity index (χ2n) is 3.99. The van der Waals surface area contributed by atoms with Gasteiger partial charge in [-0.1, -0.05) is 0 Å². The van der Waals surface area contributed by atoms with Crippen LogP contribution >= 0.6 is 0 Å². The Kier molecular flexibility index (Phi) is 3.46. The quantitative estimate of drug-likeness (QED) is 0.820. The van der Waals surface area contributed by atoms with Crippen molar-refractivity contribution in [3.05, 3.63) is 47.3 Å². The third-order valence-electron chi connectivity index (χ3n) is 2.55. The van der Waals surface area contributed by atoms with Gasteiger partial charge < -0.3 is 11.1 Å². The monoisotopic (exact) mass is 266 g/mol. The first kappa shape index (κ1) is 13.0. The molecule has 1 amide bonds. The second-order valence-corrected chi connectivity index (χ2v) is 3.99. The molecule has 0 aliphatic heterocycles. The summed E-state index contributed by atoms with van der Waals surface area (Å²) < 4.78 is 28.6. The zero-order valence-corrected chi connectivity index (χ0v) is 10.2. The lowest BCUT2D eigenvalue weighted by Crippen LogP contribution is -2.25. The van der Waals surface area contributed by atoms with E-state index in [-0.39, 0.29) is 12.2 Å². The van der Waals surface area contributed by atoms with E-state index in [0.717, 1.165) is 12.1 Å². The van der Waals surface area contributed by atoms with E-state index in [0.29, 0.717) is 5.69 Å². The number of hydrogen-bond acceptors (Lipinski definition) is 3. The molecule has 0 radical (unpaired) electrons. The molecule has 1 heterocycles. The Labute approximate surface area is 108 Å². The van der Waals surface area contributed by atoms with E-state index in [1.54, 1.807) is 24.0 Å². The molecule has 0 fully saturated rings. The lowest BCUT2D eigenvalue weighted by atomic mass is 10.1. The Balaban J connectivity index is 2.14. The molecule has 0 saturated heterocycles. The highest BCUT2D eigenvalue weighted by molar-refractivity contribution is 5.95. The maximum Gasteiger partial charge on any atom is 0.257 e. The Morgan fingerprint density at radius 3 is 2.79 bits per heavy atom. The molecule has 1 aromatic carbocycles. The Bertz CT molecular complexity index is 624. The number of carbonyl (C=O) groups is 1. The normalized spacial score (nSPS) is 10.5.